The molecule has 1 atom stereocenters. The second-order valence-corrected chi connectivity index (χ2v) is 8.63. The summed E-state index contributed by atoms with van der Waals surface area (Å²) in [6.45, 7) is 6.51. The van der Waals surface area contributed by atoms with Crippen molar-refractivity contribution in [3.8, 4) is 10.6 Å². The smallest absolute Gasteiger partial charge is 0.229 e. The van der Waals surface area contributed by atoms with Gasteiger partial charge in [0.1, 0.15) is 5.01 Å². The molecule has 0 saturated carbocycles. The minimum Gasteiger partial charge on any atom is -0.339 e. The molecule has 0 spiro atoms. The molecule has 1 fully saturated rings. The zero-order chi connectivity index (χ0) is 19.8. The summed E-state index contributed by atoms with van der Waals surface area (Å²) in [6, 6.07) is 14.1. The number of fused-ring (bicyclic) bond motifs is 1. The molecule has 2 amide bonds. The second-order valence-electron chi connectivity index (χ2n) is 7.60. The third-order valence-corrected chi connectivity index (χ3v) is 6.16. The Balaban J connectivity index is 1.46. The summed E-state index contributed by atoms with van der Waals surface area (Å²) >= 11 is 1.67. The van der Waals surface area contributed by atoms with E-state index < -0.39 is 0 Å². The van der Waals surface area contributed by atoms with Crippen molar-refractivity contribution in [3.05, 3.63) is 48.0 Å². The summed E-state index contributed by atoms with van der Waals surface area (Å²) in [4.78, 5) is 31.0. The molecule has 0 aliphatic carbocycles. The number of aromatic nitrogens is 1. The number of likely N-dealkylation sites (tertiary alicyclic amines) is 1. The summed E-state index contributed by atoms with van der Waals surface area (Å²) in [5.74, 6) is -0.335. The van der Waals surface area contributed by atoms with E-state index in [2.05, 4.69) is 24.4 Å². The minimum atomic E-state index is -0.290. The van der Waals surface area contributed by atoms with Crippen LogP contribution in [-0.4, -0.2) is 34.3 Å². The number of amides is 2. The maximum Gasteiger partial charge on any atom is 0.229 e. The van der Waals surface area contributed by atoms with Crippen LogP contribution < -0.4 is 5.32 Å². The van der Waals surface area contributed by atoms with Crippen LogP contribution in [0.1, 0.15) is 25.8 Å². The molecule has 1 N–H and O–H groups in total. The highest BCUT2D eigenvalue weighted by Gasteiger charge is 2.35. The van der Waals surface area contributed by atoms with E-state index >= 15 is 0 Å². The summed E-state index contributed by atoms with van der Waals surface area (Å²) < 4.78 is 1.17. The van der Waals surface area contributed by atoms with Crippen molar-refractivity contribution in [2.45, 2.75) is 33.2 Å². The van der Waals surface area contributed by atoms with E-state index in [9.17, 15) is 9.59 Å². The number of aryl methyl sites for hydroxylation is 1. The number of thiazole rings is 1. The molecular weight excluding hydrogens is 370 g/mol. The second kappa shape index (κ2) is 7.36. The zero-order valence-corrected chi connectivity index (χ0v) is 17.0. The number of nitrogens with zero attached hydrogens (tertiary/aromatic N) is 2. The van der Waals surface area contributed by atoms with Gasteiger partial charge in [-0.15, -0.1) is 11.3 Å². The van der Waals surface area contributed by atoms with E-state index in [1.165, 1.54) is 10.3 Å². The van der Waals surface area contributed by atoms with E-state index in [0.717, 1.165) is 21.8 Å². The van der Waals surface area contributed by atoms with Crippen LogP contribution in [0.4, 0.5) is 5.69 Å². The standard InChI is InChI=1S/C22H23N3O2S/c1-13(2)25-12-16(11-20(25)26)21(27)23-17-7-5-15(6-8-17)22-24-18-9-4-14(3)10-19(18)28-22/h4-10,13,16H,11-12H2,1-3H3,(H,23,27)/t16-/m0/s1. The lowest BCUT2D eigenvalue weighted by Crippen LogP contribution is -2.33. The van der Waals surface area contributed by atoms with E-state index in [4.69, 9.17) is 4.98 Å². The van der Waals surface area contributed by atoms with Gasteiger partial charge in [0, 0.05) is 30.3 Å². The first-order chi connectivity index (χ1) is 13.4. The van der Waals surface area contributed by atoms with Crippen molar-refractivity contribution in [2.24, 2.45) is 5.92 Å². The number of anilines is 1. The van der Waals surface area contributed by atoms with Crippen molar-refractivity contribution in [1.29, 1.82) is 0 Å². The summed E-state index contributed by atoms with van der Waals surface area (Å²) in [5, 5.41) is 3.91. The first-order valence-corrected chi connectivity index (χ1v) is 10.3. The number of rotatable bonds is 4. The molecule has 3 aromatic rings. The van der Waals surface area contributed by atoms with Crippen LogP contribution in [0.25, 0.3) is 20.8 Å². The molecule has 144 valence electrons. The Morgan fingerprint density at radius 3 is 2.64 bits per heavy atom. The molecule has 0 unspecified atom stereocenters. The lowest BCUT2D eigenvalue weighted by atomic mass is 10.1. The van der Waals surface area contributed by atoms with Gasteiger partial charge in [0.05, 0.1) is 16.1 Å². The minimum absolute atomic E-state index is 0.0524. The fourth-order valence-electron chi connectivity index (χ4n) is 3.50. The molecule has 1 aromatic heterocycles. The van der Waals surface area contributed by atoms with Gasteiger partial charge < -0.3 is 10.2 Å². The molecule has 1 saturated heterocycles. The maximum absolute atomic E-state index is 12.5. The Morgan fingerprint density at radius 2 is 1.96 bits per heavy atom. The van der Waals surface area contributed by atoms with Gasteiger partial charge in [-0.25, -0.2) is 4.98 Å². The lowest BCUT2D eigenvalue weighted by molar-refractivity contribution is -0.129. The normalized spacial score (nSPS) is 16.9. The van der Waals surface area contributed by atoms with Crippen LogP contribution in [0.5, 0.6) is 0 Å². The topological polar surface area (TPSA) is 62.3 Å². The van der Waals surface area contributed by atoms with E-state index in [1.54, 1.807) is 16.2 Å². The van der Waals surface area contributed by atoms with Gasteiger partial charge in [-0.05, 0) is 62.7 Å². The Labute approximate surface area is 168 Å². The number of carbonyl (C=O) groups excluding carboxylic acids is 2. The quantitative estimate of drug-likeness (QED) is 0.711. The van der Waals surface area contributed by atoms with Gasteiger partial charge in [0.15, 0.2) is 0 Å². The van der Waals surface area contributed by atoms with Gasteiger partial charge in [-0.3, -0.25) is 9.59 Å². The predicted molar refractivity (Wildman–Crippen MR) is 113 cm³/mol. The van der Waals surface area contributed by atoms with Gasteiger partial charge in [0.2, 0.25) is 11.8 Å². The Hall–Kier alpha value is -2.73. The highest BCUT2D eigenvalue weighted by atomic mass is 32.1. The molecule has 2 heterocycles. The van der Waals surface area contributed by atoms with Crippen molar-refractivity contribution >= 4 is 39.1 Å². The lowest BCUT2D eigenvalue weighted by Gasteiger charge is -2.20. The number of benzene rings is 2. The number of nitrogens with one attached hydrogen (secondary N) is 1. The van der Waals surface area contributed by atoms with Crippen LogP contribution in [-0.2, 0) is 9.59 Å². The summed E-state index contributed by atoms with van der Waals surface area (Å²) in [6.07, 6.45) is 0.285. The Bertz CT molecular complexity index is 1040. The van der Waals surface area contributed by atoms with Crippen LogP contribution >= 0.6 is 11.3 Å². The van der Waals surface area contributed by atoms with Gasteiger partial charge in [0.25, 0.3) is 0 Å². The first kappa shape index (κ1) is 18.6. The van der Waals surface area contributed by atoms with Crippen LogP contribution in [0, 0.1) is 12.8 Å². The van der Waals surface area contributed by atoms with E-state index in [-0.39, 0.29) is 30.2 Å². The Kier molecular flexibility index (Phi) is 4.89. The predicted octanol–water partition coefficient (Wildman–Crippen LogP) is 4.47. The highest BCUT2D eigenvalue weighted by molar-refractivity contribution is 7.21. The van der Waals surface area contributed by atoms with E-state index in [1.807, 2.05) is 44.2 Å². The molecule has 0 radical (unpaired) electrons. The molecule has 2 aromatic carbocycles. The average Bonchev–Trinajstić information content (AvgIpc) is 3.25. The highest BCUT2D eigenvalue weighted by Crippen LogP contribution is 2.31. The number of hydrogen-bond donors (Lipinski definition) is 1. The van der Waals surface area contributed by atoms with Gasteiger partial charge >= 0.3 is 0 Å². The Morgan fingerprint density at radius 1 is 1.21 bits per heavy atom. The third-order valence-electron chi connectivity index (χ3n) is 5.10. The van der Waals surface area contributed by atoms with Gasteiger partial charge in [-0.2, -0.15) is 0 Å². The molecule has 5 nitrogen and oxygen atoms in total. The van der Waals surface area contributed by atoms with Crippen molar-refractivity contribution in [2.75, 3.05) is 11.9 Å². The molecule has 28 heavy (non-hydrogen) atoms. The monoisotopic (exact) mass is 393 g/mol. The summed E-state index contributed by atoms with van der Waals surface area (Å²) in [5.41, 5.74) is 3.99. The first-order valence-electron chi connectivity index (χ1n) is 9.48. The average molecular weight is 394 g/mol. The third kappa shape index (κ3) is 3.64. The van der Waals surface area contributed by atoms with Crippen molar-refractivity contribution in [1.82, 2.24) is 9.88 Å². The fourth-order valence-corrected chi connectivity index (χ4v) is 4.57. The maximum atomic E-state index is 12.5. The zero-order valence-electron chi connectivity index (χ0n) is 16.2. The SMILES string of the molecule is Cc1ccc2nc(-c3ccc(NC(=O)[C@H]4CC(=O)N(C(C)C)C4)cc3)sc2c1. The van der Waals surface area contributed by atoms with Gasteiger partial charge in [-0.1, -0.05) is 6.07 Å². The molecule has 1 aliphatic heterocycles. The van der Waals surface area contributed by atoms with Crippen molar-refractivity contribution < 1.29 is 9.59 Å². The molecule has 4 rings (SSSR count). The number of carbonyl (C=O) groups is 2. The van der Waals surface area contributed by atoms with Crippen LogP contribution in [0.3, 0.4) is 0 Å². The molecule has 6 heteroatoms. The van der Waals surface area contributed by atoms with Crippen LogP contribution in [0.15, 0.2) is 42.5 Å². The fraction of sp³-hybridized carbons (Fsp3) is 0.318. The van der Waals surface area contributed by atoms with Crippen molar-refractivity contribution in [3.63, 3.8) is 0 Å². The molecule has 0 bridgehead atoms. The van der Waals surface area contributed by atoms with Crippen LogP contribution in [0.2, 0.25) is 0 Å². The van der Waals surface area contributed by atoms with E-state index in [0.29, 0.717) is 6.54 Å². The summed E-state index contributed by atoms with van der Waals surface area (Å²) in [7, 11) is 0. The number of hydrogen-bond acceptors (Lipinski definition) is 4. The molecular formula is C22H23N3O2S. The largest absolute Gasteiger partial charge is 0.339 e. The molecule has 1 aliphatic rings.